The zero-order chi connectivity index (χ0) is 20.3. The van der Waals surface area contributed by atoms with Crippen LogP contribution in [-0.2, 0) is 16.1 Å². The Hall–Kier alpha value is -2.78. The Morgan fingerprint density at radius 1 is 1.32 bits per heavy atom. The Morgan fingerprint density at radius 3 is 2.79 bits per heavy atom. The zero-order valence-corrected chi connectivity index (χ0v) is 17.0. The van der Waals surface area contributed by atoms with Crippen molar-refractivity contribution in [1.82, 2.24) is 14.8 Å². The first-order valence-corrected chi connectivity index (χ1v) is 9.62. The number of para-hydroxylation sites is 1. The lowest BCUT2D eigenvalue weighted by molar-refractivity contribution is -0.119. The number of rotatable bonds is 7. The minimum absolute atomic E-state index is 0.256. The van der Waals surface area contributed by atoms with Crippen molar-refractivity contribution in [2.45, 2.75) is 32.9 Å². The summed E-state index contributed by atoms with van der Waals surface area (Å²) in [5, 5.41) is 12.6. The molecule has 0 fully saturated rings. The van der Waals surface area contributed by atoms with E-state index in [1.165, 1.54) is 15.9 Å². The van der Waals surface area contributed by atoms with Crippen LogP contribution in [0.15, 0.2) is 29.1 Å². The van der Waals surface area contributed by atoms with E-state index in [1.54, 1.807) is 26.4 Å². The molecule has 2 heterocycles. The lowest BCUT2D eigenvalue weighted by Gasteiger charge is -2.21. The van der Waals surface area contributed by atoms with Crippen molar-refractivity contribution in [1.29, 1.82) is 0 Å². The molecule has 0 saturated carbocycles. The number of pyridine rings is 1. The molecule has 0 aliphatic carbocycles. The van der Waals surface area contributed by atoms with E-state index in [-0.39, 0.29) is 11.5 Å². The average Bonchev–Trinajstić information content (AvgIpc) is 3.11. The Kier molecular flexibility index (Phi) is 6.05. The fourth-order valence-corrected chi connectivity index (χ4v) is 3.88. The number of aryl methyl sites for hydroxylation is 1. The normalized spacial score (nSPS) is 12.1. The molecule has 1 amide bonds. The van der Waals surface area contributed by atoms with E-state index in [1.807, 2.05) is 26.0 Å². The number of hydrogen-bond donors (Lipinski definition) is 1. The number of carbonyl (C=O) groups is 1. The summed E-state index contributed by atoms with van der Waals surface area (Å²) in [6, 6.07) is 6.38. The summed E-state index contributed by atoms with van der Waals surface area (Å²) in [7, 11) is 3.11. The first-order chi connectivity index (χ1) is 13.5. The smallest absolute Gasteiger partial charge is 0.252 e. The van der Waals surface area contributed by atoms with Gasteiger partial charge < -0.3 is 9.47 Å². The largest absolute Gasteiger partial charge is 0.495 e. The molecule has 0 saturated heterocycles. The predicted molar refractivity (Wildman–Crippen MR) is 108 cm³/mol. The SMILES string of the molecule is CCC(C(=O)Nc1nnc(COC)s1)n1c(=O)cc(C)c2cccc(OC)c21. The van der Waals surface area contributed by atoms with Gasteiger partial charge in [-0.15, -0.1) is 10.2 Å². The van der Waals surface area contributed by atoms with Crippen LogP contribution in [0.1, 0.15) is 30.0 Å². The highest BCUT2D eigenvalue weighted by Gasteiger charge is 2.25. The molecule has 0 radical (unpaired) electrons. The van der Waals surface area contributed by atoms with E-state index < -0.39 is 6.04 Å². The van der Waals surface area contributed by atoms with Gasteiger partial charge in [0.25, 0.3) is 5.56 Å². The number of fused-ring (bicyclic) bond motifs is 1. The average molecular weight is 402 g/mol. The van der Waals surface area contributed by atoms with Gasteiger partial charge in [0, 0.05) is 18.6 Å². The van der Waals surface area contributed by atoms with Gasteiger partial charge in [0.1, 0.15) is 23.4 Å². The maximum atomic E-state index is 13.0. The quantitative estimate of drug-likeness (QED) is 0.653. The number of benzene rings is 1. The number of nitrogens with one attached hydrogen (secondary N) is 1. The van der Waals surface area contributed by atoms with Crippen LogP contribution in [0, 0.1) is 6.92 Å². The van der Waals surface area contributed by atoms with E-state index in [0.29, 0.717) is 34.4 Å². The molecule has 1 N–H and O–H groups in total. The number of carbonyl (C=O) groups excluding carboxylic acids is 1. The highest BCUT2D eigenvalue weighted by molar-refractivity contribution is 7.15. The van der Waals surface area contributed by atoms with Crippen LogP contribution in [0.2, 0.25) is 0 Å². The monoisotopic (exact) mass is 402 g/mol. The van der Waals surface area contributed by atoms with Crippen molar-refractivity contribution in [3.63, 3.8) is 0 Å². The minimum Gasteiger partial charge on any atom is -0.495 e. The van der Waals surface area contributed by atoms with Crippen LogP contribution in [0.3, 0.4) is 0 Å². The zero-order valence-electron chi connectivity index (χ0n) is 16.2. The Morgan fingerprint density at radius 2 is 2.11 bits per heavy atom. The number of hydrogen-bond acceptors (Lipinski definition) is 7. The summed E-state index contributed by atoms with van der Waals surface area (Å²) in [5.41, 5.74) is 1.18. The predicted octanol–water partition coefficient (Wildman–Crippen LogP) is 2.91. The van der Waals surface area contributed by atoms with Crippen molar-refractivity contribution < 1.29 is 14.3 Å². The summed E-state index contributed by atoms with van der Waals surface area (Å²) in [6.07, 6.45) is 0.422. The summed E-state index contributed by atoms with van der Waals surface area (Å²) in [6.45, 7) is 4.05. The number of aromatic nitrogens is 3. The third kappa shape index (κ3) is 3.76. The van der Waals surface area contributed by atoms with Gasteiger partial charge in [0.15, 0.2) is 0 Å². The molecule has 3 rings (SSSR count). The van der Waals surface area contributed by atoms with Gasteiger partial charge in [-0.2, -0.15) is 0 Å². The molecule has 0 aliphatic heterocycles. The standard InChI is InChI=1S/C19H22N4O4S/c1-5-13(18(25)20-19-22-21-15(28-19)10-26-3)23-16(24)9-11(2)12-7-6-8-14(27-4)17(12)23/h6-9,13H,5,10H2,1-4H3,(H,20,22,25). The Labute approximate surface area is 166 Å². The van der Waals surface area contributed by atoms with Gasteiger partial charge in [-0.25, -0.2) is 0 Å². The van der Waals surface area contributed by atoms with Crippen LogP contribution in [0.5, 0.6) is 5.75 Å². The molecule has 1 aromatic carbocycles. The number of amides is 1. The van der Waals surface area contributed by atoms with E-state index >= 15 is 0 Å². The fourth-order valence-electron chi connectivity index (χ4n) is 3.17. The van der Waals surface area contributed by atoms with Crippen molar-refractivity contribution in [2.75, 3.05) is 19.5 Å². The summed E-state index contributed by atoms with van der Waals surface area (Å²) in [5.74, 6) is 0.212. The molecule has 28 heavy (non-hydrogen) atoms. The molecule has 9 heteroatoms. The van der Waals surface area contributed by atoms with Gasteiger partial charge in [-0.3, -0.25) is 19.5 Å². The fraction of sp³-hybridized carbons (Fsp3) is 0.368. The third-order valence-electron chi connectivity index (χ3n) is 4.43. The lowest BCUT2D eigenvalue weighted by atomic mass is 10.1. The number of nitrogens with zero attached hydrogens (tertiary/aromatic N) is 3. The van der Waals surface area contributed by atoms with Gasteiger partial charge in [0.05, 0.1) is 12.6 Å². The van der Waals surface area contributed by atoms with Gasteiger partial charge in [-0.1, -0.05) is 30.4 Å². The Balaban J connectivity index is 2.05. The van der Waals surface area contributed by atoms with E-state index in [9.17, 15) is 9.59 Å². The number of methoxy groups -OCH3 is 2. The van der Waals surface area contributed by atoms with Gasteiger partial charge >= 0.3 is 0 Å². The van der Waals surface area contributed by atoms with Crippen LogP contribution in [-0.4, -0.2) is 34.9 Å². The second-order valence-corrected chi connectivity index (χ2v) is 7.30. The molecule has 1 atom stereocenters. The molecule has 8 nitrogen and oxygen atoms in total. The first kappa shape index (κ1) is 20.0. The molecule has 1 unspecified atom stereocenters. The van der Waals surface area contributed by atoms with Crippen LogP contribution in [0.4, 0.5) is 5.13 Å². The van der Waals surface area contributed by atoms with Crippen molar-refractivity contribution in [2.24, 2.45) is 0 Å². The molecule has 148 valence electrons. The molecule has 2 aromatic heterocycles. The summed E-state index contributed by atoms with van der Waals surface area (Å²) in [4.78, 5) is 25.8. The lowest BCUT2D eigenvalue weighted by Crippen LogP contribution is -2.33. The highest BCUT2D eigenvalue weighted by atomic mass is 32.1. The topological polar surface area (TPSA) is 95.3 Å². The van der Waals surface area contributed by atoms with Crippen molar-refractivity contribution >= 4 is 33.3 Å². The van der Waals surface area contributed by atoms with Gasteiger partial charge in [-0.05, 0) is 25.0 Å². The Bertz CT molecular complexity index is 1060. The highest BCUT2D eigenvalue weighted by Crippen LogP contribution is 2.30. The van der Waals surface area contributed by atoms with Crippen molar-refractivity contribution in [3.05, 3.63) is 45.2 Å². The van der Waals surface area contributed by atoms with Crippen LogP contribution >= 0.6 is 11.3 Å². The minimum atomic E-state index is -0.721. The number of ether oxygens (including phenoxy) is 2. The molecule has 0 spiro atoms. The van der Waals surface area contributed by atoms with E-state index in [2.05, 4.69) is 15.5 Å². The number of anilines is 1. The molecule has 0 bridgehead atoms. The molecular weight excluding hydrogens is 380 g/mol. The van der Waals surface area contributed by atoms with E-state index in [4.69, 9.17) is 9.47 Å². The second-order valence-electron chi connectivity index (χ2n) is 6.24. The van der Waals surface area contributed by atoms with Crippen LogP contribution < -0.4 is 15.6 Å². The van der Waals surface area contributed by atoms with Crippen LogP contribution in [0.25, 0.3) is 10.9 Å². The summed E-state index contributed by atoms with van der Waals surface area (Å²) >= 11 is 1.24. The summed E-state index contributed by atoms with van der Waals surface area (Å²) < 4.78 is 12.0. The maximum absolute atomic E-state index is 13.0. The molecular formula is C19H22N4O4S. The molecule has 3 aromatic rings. The third-order valence-corrected chi connectivity index (χ3v) is 5.24. The first-order valence-electron chi connectivity index (χ1n) is 8.81. The van der Waals surface area contributed by atoms with Crippen molar-refractivity contribution in [3.8, 4) is 5.75 Å². The van der Waals surface area contributed by atoms with Gasteiger partial charge in [0.2, 0.25) is 11.0 Å². The second kappa shape index (κ2) is 8.49. The van der Waals surface area contributed by atoms with E-state index in [0.717, 1.165) is 10.9 Å². The maximum Gasteiger partial charge on any atom is 0.252 e. The molecule has 0 aliphatic rings.